The normalized spacial score (nSPS) is 10.6. The molecule has 3 heteroatoms. The maximum Gasteiger partial charge on any atom is 0.121 e. The minimum absolute atomic E-state index is 0.239. The van der Waals surface area contributed by atoms with E-state index in [9.17, 15) is 0 Å². The van der Waals surface area contributed by atoms with E-state index in [1.165, 1.54) is 5.19 Å². The average Bonchev–Trinajstić information content (AvgIpc) is 2.16. The molecule has 0 bridgehead atoms. The van der Waals surface area contributed by atoms with Gasteiger partial charge >= 0.3 is 0 Å². The van der Waals surface area contributed by atoms with E-state index in [0.29, 0.717) is 0 Å². The van der Waals surface area contributed by atoms with Crippen LogP contribution in [-0.4, -0.2) is 23.7 Å². The monoisotopic (exact) mass is 182 g/mol. The molecule has 0 unspecified atom stereocenters. The quantitative estimate of drug-likeness (QED) is 0.635. The lowest BCUT2D eigenvalue weighted by Crippen LogP contribution is -2.16. The van der Waals surface area contributed by atoms with Crippen LogP contribution < -0.4 is 14.7 Å². The van der Waals surface area contributed by atoms with Crippen LogP contribution in [0.2, 0.25) is 6.55 Å². The second-order valence-electron chi connectivity index (χ2n) is 2.49. The minimum atomic E-state index is -0.239. The highest BCUT2D eigenvalue weighted by molar-refractivity contribution is 6.54. The van der Waals surface area contributed by atoms with Crippen LogP contribution in [-0.2, 0) is 0 Å². The van der Waals surface area contributed by atoms with Crippen molar-refractivity contribution >= 4 is 14.7 Å². The first kappa shape index (κ1) is 9.13. The van der Waals surface area contributed by atoms with Crippen molar-refractivity contribution in [3.63, 3.8) is 0 Å². The zero-order valence-electron chi connectivity index (χ0n) is 7.76. The summed E-state index contributed by atoms with van der Waals surface area (Å²) >= 11 is 0. The van der Waals surface area contributed by atoms with Gasteiger partial charge in [0.25, 0.3) is 0 Å². The molecule has 0 spiro atoms. The molecule has 0 saturated carbocycles. The van der Waals surface area contributed by atoms with Gasteiger partial charge in [0.2, 0.25) is 0 Å². The second-order valence-corrected chi connectivity index (χ2v) is 3.91. The SMILES string of the molecule is COc1cccc(OC)c1[SiH2]C. The van der Waals surface area contributed by atoms with Crippen molar-refractivity contribution in [1.82, 2.24) is 0 Å². The molecule has 1 aromatic rings. The van der Waals surface area contributed by atoms with E-state index in [0.717, 1.165) is 11.5 Å². The molecule has 12 heavy (non-hydrogen) atoms. The Morgan fingerprint density at radius 2 is 1.58 bits per heavy atom. The van der Waals surface area contributed by atoms with Gasteiger partial charge < -0.3 is 9.47 Å². The van der Waals surface area contributed by atoms with Crippen molar-refractivity contribution in [2.24, 2.45) is 0 Å². The third kappa shape index (κ3) is 1.61. The van der Waals surface area contributed by atoms with Crippen molar-refractivity contribution in [2.75, 3.05) is 14.2 Å². The topological polar surface area (TPSA) is 18.5 Å². The van der Waals surface area contributed by atoms with E-state index in [1.54, 1.807) is 14.2 Å². The van der Waals surface area contributed by atoms with E-state index in [1.807, 2.05) is 18.2 Å². The number of hydrogen-bond acceptors (Lipinski definition) is 2. The van der Waals surface area contributed by atoms with Gasteiger partial charge in [0.05, 0.1) is 23.7 Å². The molecule has 0 fully saturated rings. The molecule has 0 aliphatic rings. The lowest BCUT2D eigenvalue weighted by Gasteiger charge is -2.10. The first-order valence-corrected chi connectivity index (χ1v) is 6.15. The predicted molar refractivity (Wildman–Crippen MR) is 53.6 cm³/mol. The van der Waals surface area contributed by atoms with Crippen LogP contribution in [0.3, 0.4) is 0 Å². The number of methoxy groups -OCH3 is 2. The minimum Gasteiger partial charge on any atom is -0.497 e. The largest absolute Gasteiger partial charge is 0.497 e. The molecule has 1 rings (SSSR count). The van der Waals surface area contributed by atoms with Gasteiger partial charge in [-0.1, -0.05) is 12.6 Å². The van der Waals surface area contributed by atoms with E-state index < -0.39 is 0 Å². The number of ether oxygens (including phenoxy) is 2. The number of rotatable bonds is 3. The maximum absolute atomic E-state index is 5.23. The first-order valence-electron chi connectivity index (χ1n) is 4.03. The van der Waals surface area contributed by atoms with E-state index in [2.05, 4.69) is 6.55 Å². The zero-order chi connectivity index (χ0) is 8.97. The Hall–Kier alpha value is -0.963. The molecule has 0 heterocycles. The summed E-state index contributed by atoms with van der Waals surface area (Å²) in [6, 6.07) is 5.91. The number of hydrogen-bond donors (Lipinski definition) is 0. The van der Waals surface area contributed by atoms with Crippen LogP contribution >= 0.6 is 0 Å². The van der Waals surface area contributed by atoms with Crippen LogP contribution in [0.4, 0.5) is 0 Å². The van der Waals surface area contributed by atoms with Crippen molar-refractivity contribution in [2.45, 2.75) is 6.55 Å². The van der Waals surface area contributed by atoms with Gasteiger partial charge in [-0.3, -0.25) is 0 Å². The Balaban J connectivity index is 3.13. The molecule has 66 valence electrons. The highest BCUT2D eigenvalue weighted by Gasteiger charge is 2.05. The Bertz CT molecular complexity index is 238. The van der Waals surface area contributed by atoms with Gasteiger partial charge in [-0.25, -0.2) is 0 Å². The lowest BCUT2D eigenvalue weighted by atomic mass is 10.3. The summed E-state index contributed by atoms with van der Waals surface area (Å²) < 4.78 is 10.5. The fourth-order valence-corrected chi connectivity index (χ4v) is 2.50. The zero-order valence-corrected chi connectivity index (χ0v) is 9.17. The highest BCUT2D eigenvalue weighted by Crippen LogP contribution is 2.14. The lowest BCUT2D eigenvalue weighted by molar-refractivity contribution is 0.400. The Morgan fingerprint density at radius 3 is 1.92 bits per heavy atom. The molecule has 1 aromatic carbocycles. The standard InChI is InChI=1S/C9H14O2Si/c1-10-7-5-4-6-8(11-2)9(7)12-3/h4-6H,12H2,1-3H3. The van der Waals surface area contributed by atoms with Gasteiger partial charge in [-0.15, -0.1) is 0 Å². The molecule has 0 amide bonds. The van der Waals surface area contributed by atoms with Crippen molar-refractivity contribution in [1.29, 1.82) is 0 Å². The van der Waals surface area contributed by atoms with Crippen LogP contribution in [0, 0.1) is 0 Å². The van der Waals surface area contributed by atoms with Crippen LogP contribution in [0.25, 0.3) is 0 Å². The summed E-state index contributed by atoms with van der Waals surface area (Å²) in [5.74, 6) is 1.92. The van der Waals surface area contributed by atoms with Crippen molar-refractivity contribution in [3.05, 3.63) is 18.2 Å². The molecule has 2 nitrogen and oxygen atoms in total. The summed E-state index contributed by atoms with van der Waals surface area (Å²) in [5, 5.41) is 1.27. The third-order valence-electron chi connectivity index (χ3n) is 1.88. The molecule has 0 aliphatic heterocycles. The van der Waals surface area contributed by atoms with Gasteiger partial charge in [0.1, 0.15) is 11.5 Å². The number of benzene rings is 1. The van der Waals surface area contributed by atoms with Gasteiger partial charge in [0.15, 0.2) is 0 Å². The molecular weight excluding hydrogens is 168 g/mol. The average molecular weight is 182 g/mol. The molecule has 0 radical (unpaired) electrons. The molecule has 0 aliphatic carbocycles. The van der Waals surface area contributed by atoms with Crippen molar-refractivity contribution in [3.8, 4) is 11.5 Å². The maximum atomic E-state index is 5.23. The highest BCUT2D eigenvalue weighted by atomic mass is 28.2. The van der Waals surface area contributed by atoms with Crippen LogP contribution in [0.15, 0.2) is 18.2 Å². The smallest absolute Gasteiger partial charge is 0.121 e. The van der Waals surface area contributed by atoms with Crippen LogP contribution in [0.5, 0.6) is 11.5 Å². The van der Waals surface area contributed by atoms with Crippen molar-refractivity contribution < 1.29 is 9.47 Å². The van der Waals surface area contributed by atoms with E-state index in [4.69, 9.17) is 9.47 Å². The fourth-order valence-electron chi connectivity index (χ4n) is 1.28. The molecule has 0 saturated heterocycles. The summed E-state index contributed by atoms with van der Waals surface area (Å²) in [4.78, 5) is 0. The van der Waals surface area contributed by atoms with E-state index >= 15 is 0 Å². The van der Waals surface area contributed by atoms with Gasteiger partial charge in [0, 0.05) is 5.19 Å². The second kappa shape index (κ2) is 4.16. The Kier molecular flexibility index (Phi) is 3.16. The predicted octanol–water partition coefficient (Wildman–Crippen LogP) is 0.546. The Morgan fingerprint density at radius 1 is 1.08 bits per heavy atom. The van der Waals surface area contributed by atoms with E-state index in [-0.39, 0.29) is 9.52 Å². The van der Waals surface area contributed by atoms with Gasteiger partial charge in [-0.2, -0.15) is 0 Å². The van der Waals surface area contributed by atoms with Crippen LogP contribution in [0.1, 0.15) is 0 Å². The summed E-state index contributed by atoms with van der Waals surface area (Å²) in [5.41, 5.74) is 0. The van der Waals surface area contributed by atoms with Gasteiger partial charge in [-0.05, 0) is 12.1 Å². The fraction of sp³-hybridized carbons (Fsp3) is 0.333. The third-order valence-corrected chi connectivity index (χ3v) is 3.29. The summed E-state index contributed by atoms with van der Waals surface area (Å²) in [6.07, 6.45) is 0. The molecule has 0 N–H and O–H groups in total. The first-order chi connectivity index (χ1) is 5.83. The molecular formula is C9H14O2Si. The molecule has 0 aromatic heterocycles. The summed E-state index contributed by atoms with van der Waals surface area (Å²) in [6.45, 7) is 2.22. The summed E-state index contributed by atoms with van der Waals surface area (Å²) in [7, 11) is 3.15. The Labute approximate surface area is 75.3 Å². The molecule has 0 atom stereocenters.